The standard InChI is InChI=1S/C22H21F3N6O2/c1-4-30-12-17(22(23,24)25)29-19(30)14-6-7-15(11-31-9-5-8-28-31)16(10-14)18-20(32-2)26-13-27-21(18)33-3/h5-10,12-13H,4,11H2,1-3H3. The van der Waals surface area contributed by atoms with Gasteiger partial charge in [0.1, 0.15) is 17.7 Å². The van der Waals surface area contributed by atoms with Crippen molar-refractivity contribution in [2.75, 3.05) is 14.2 Å². The van der Waals surface area contributed by atoms with Crippen molar-refractivity contribution in [1.82, 2.24) is 29.3 Å². The minimum atomic E-state index is -4.54. The van der Waals surface area contributed by atoms with Crippen LogP contribution in [-0.4, -0.2) is 43.5 Å². The molecule has 0 N–H and O–H groups in total. The first-order valence-electron chi connectivity index (χ1n) is 10.0. The quantitative estimate of drug-likeness (QED) is 0.411. The molecule has 0 radical (unpaired) electrons. The summed E-state index contributed by atoms with van der Waals surface area (Å²) in [5.41, 5.74) is 1.49. The van der Waals surface area contributed by atoms with E-state index in [9.17, 15) is 13.2 Å². The lowest BCUT2D eigenvalue weighted by Crippen LogP contribution is -2.05. The molecule has 0 aliphatic carbocycles. The molecule has 0 fully saturated rings. The van der Waals surface area contributed by atoms with Gasteiger partial charge in [-0.2, -0.15) is 18.3 Å². The van der Waals surface area contributed by atoms with Crippen LogP contribution < -0.4 is 9.47 Å². The summed E-state index contributed by atoms with van der Waals surface area (Å²) in [6.45, 7) is 2.49. The molecule has 0 saturated heterocycles. The fourth-order valence-electron chi connectivity index (χ4n) is 3.57. The van der Waals surface area contributed by atoms with Crippen LogP contribution in [0.1, 0.15) is 18.2 Å². The van der Waals surface area contributed by atoms with Gasteiger partial charge in [-0.15, -0.1) is 0 Å². The van der Waals surface area contributed by atoms with Gasteiger partial charge in [0.2, 0.25) is 11.8 Å². The number of alkyl halides is 3. The number of halogens is 3. The smallest absolute Gasteiger partial charge is 0.434 e. The normalized spacial score (nSPS) is 11.6. The zero-order valence-corrected chi connectivity index (χ0v) is 18.2. The van der Waals surface area contributed by atoms with Crippen molar-refractivity contribution in [1.29, 1.82) is 0 Å². The zero-order valence-electron chi connectivity index (χ0n) is 18.2. The Morgan fingerprint density at radius 1 is 1.06 bits per heavy atom. The molecule has 4 aromatic rings. The first kappa shape index (κ1) is 22.3. The summed E-state index contributed by atoms with van der Waals surface area (Å²) in [6.07, 6.45) is 1.26. The van der Waals surface area contributed by atoms with Crippen molar-refractivity contribution in [2.24, 2.45) is 0 Å². The molecule has 172 valence electrons. The molecule has 0 spiro atoms. The number of hydrogen-bond donors (Lipinski definition) is 0. The third-order valence-corrected chi connectivity index (χ3v) is 5.10. The van der Waals surface area contributed by atoms with E-state index in [0.29, 0.717) is 29.8 Å². The van der Waals surface area contributed by atoms with Crippen LogP contribution in [0, 0.1) is 0 Å². The maximum Gasteiger partial charge on any atom is 0.434 e. The van der Waals surface area contributed by atoms with Gasteiger partial charge in [-0.1, -0.05) is 12.1 Å². The summed E-state index contributed by atoms with van der Waals surface area (Å²) in [5, 5.41) is 4.25. The minimum Gasteiger partial charge on any atom is -0.480 e. The number of ether oxygens (including phenoxy) is 2. The Balaban J connectivity index is 1.94. The van der Waals surface area contributed by atoms with Crippen molar-refractivity contribution in [3.8, 4) is 34.3 Å². The third-order valence-electron chi connectivity index (χ3n) is 5.10. The maximum absolute atomic E-state index is 13.3. The Hall–Kier alpha value is -3.89. The van der Waals surface area contributed by atoms with Crippen LogP contribution >= 0.6 is 0 Å². The molecule has 1 aromatic carbocycles. The number of imidazole rings is 1. The molecule has 0 aliphatic rings. The SMILES string of the molecule is CCn1cc(C(F)(F)F)nc1-c1ccc(Cn2cccn2)c(-c2c(OC)ncnc2OC)c1. The number of hydrogen-bond acceptors (Lipinski definition) is 6. The molecule has 3 heterocycles. The van der Waals surface area contributed by atoms with Gasteiger partial charge in [-0.25, -0.2) is 15.0 Å². The number of aryl methyl sites for hydroxylation is 1. The average molecular weight is 458 g/mol. The number of rotatable bonds is 7. The Bertz CT molecular complexity index is 1230. The van der Waals surface area contributed by atoms with Crippen molar-refractivity contribution in [2.45, 2.75) is 26.2 Å². The lowest BCUT2D eigenvalue weighted by atomic mass is 9.97. The number of methoxy groups -OCH3 is 2. The second-order valence-corrected chi connectivity index (χ2v) is 7.08. The zero-order chi connectivity index (χ0) is 23.6. The van der Waals surface area contributed by atoms with E-state index < -0.39 is 11.9 Å². The van der Waals surface area contributed by atoms with Gasteiger partial charge in [-0.3, -0.25) is 4.68 Å². The number of benzene rings is 1. The van der Waals surface area contributed by atoms with E-state index in [1.807, 2.05) is 12.3 Å². The maximum atomic E-state index is 13.3. The Morgan fingerprint density at radius 2 is 1.79 bits per heavy atom. The van der Waals surface area contributed by atoms with Crippen LogP contribution in [0.3, 0.4) is 0 Å². The molecule has 0 aliphatic heterocycles. The van der Waals surface area contributed by atoms with Crippen LogP contribution in [0.25, 0.3) is 22.5 Å². The third kappa shape index (κ3) is 4.38. The summed E-state index contributed by atoms with van der Waals surface area (Å²) >= 11 is 0. The van der Waals surface area contributed by atoms with Crippen LogP contribution in [0.4, 0.5) is 13.2 Å². The van der Waals surface area contributed by atoms with Gasteiger partial charge >= 0.3 is 6.18 Å². The highest BCUT2D eigenvalue weighted by Crippen LogP contribution is 2.40. The fraction of sp³-hybridized carbons (Fsp3) is 0.273. The summed E-state index contributed by atoms with van der Waals surface area (Å²) in [5.74, 6) is 0.748. The molecule has 0 saturated carbocycles. The van der Waals surface area contributed by atoms with E-state index in [1.165, 1.54) is 25.1 Å². The molecular formula is C22H21F3N6O2. The Kier molecular flexibility index (Phi) is 6.03. The fourth-order valence-corrected chi connectivity index (χ4v) is 3.57. The van der Waals surface area contributed by atoms with E-state index in [1.54, 1.807) is 36.0 Å². The van der Waals surface area contributed by atoms with Gasteiger partial charge in [0, 0.05) is 30.7 Å². The van der Waals surface area contributed by atoms with E-state index in [2.05, 4.69) is 20.1 Å². The molecule has 4 rings (SSSR count). The highest BCUT2D eigenvalue weighted by Gasteiger charge is 2.35. The molecular weight excluding hydrogens is 437 g/mol. The number of aromatic nitrogens is 6. The summed E-state index contributed by atoms with van der Waals surface area (Å²) in [7, 11) is 2.95. The average Bonchev–Trinajstić information content (AvgIpc) is 3.48. The predicted octanol–water partition coefficient (Wildman–Crippen LogP) is 4.31. The van der Waals surface area contributed by atoms with Crippen LogP contribution in [0.2, 0.25) is 0 Å². The van der Waals surface area contributed by atoms with Crippen LogP contribution in [0.15, 0.2) is 49.2 Å². The predicted molar refractivity (Wildman–Crippen MR) is 114 cm³/mol. The monoisotopic (exact) mass is 458 g/mol. The second-order valence-electron chi connectivity index (χ2n) is 7.08. The van der Waals surface area contributed by atoms with Crippen molar-refractivity contribution in [3.63, 3.8) is 0 Å². The van der Waals surface area contributed by atoms with E-state index in [4.69, 9.17) is 9.47 Å². The molecule has 8 nitrogen and oxygen atoms in total. The molecule has 0 atom stereocenters. The first-order valence-corrected chi connectivity index (χ1v) is 10.0. The van der Waals surface area contributed by atoms with Crippen molar-refractivity contribution in [3.05, 3.63) is 60.4 Å². The lowest BCUT2D eigenvalue weighted by Gasteiger charge is -2.16. The molecule has 33 heavy (non-hydrogen) atoms. The highest BCUT2D eigenvalue weighted by atomic mass is 19.4. The van der Waals surface area contributed by atoms with Crippen molar-refractivity contribution < 1.29 is 22.6 Å². The van der Waals surface area contributed by atoms with Gasteiger partial charge in [0.05, 0.1) is 20.8 Å². The second kappa shape index (κ2) is 8.93. The molecule has 0 amide bonds. The summed E-state index contributed by atoms with van der Waals surface area (Å²) in [4.78, 5) is 12.2. The largest absolute Gasteiger partial charge is 0.480 e. The summed E-state index contributed by atoms with van der Waals surface area (Å²) < 4.78 is 54.0. The van der Waals surface area contributed by atoms with Crippen LogP contribution in [-0.2, 0) is 19.3 Å². The molecule has 11 heteroatoms. The van der Waals surface area contributed by atoms with Crippen LogP contribution in [0.5, 0.6) is 11.8 Å². The topological polar surface area (TPSA) is 79.9 Å². The van der Waals surface area contributed by atoms with Gasteiger partial charge in [0.15, 0.2) is 5.69 Å². The van der Waals surface area contributed by atoms with E-state index >= 15 is 0 Å². The molecule has 0 unspecified atom stereocenters. The number of nitrogens with zero attached hydrogens (tertiary/aromatic N) is 6. The van der Waals surface area contributed by atoms with E-state index in [-0.39, 0.29) is 17.6 Å². The molecule has 0 bridgehead atoms. The lowest BCUT2D eigenvalue weighted by molar-refractivity contribution is -0.140. The van der Waals surface area contributed by atoms with Crippen molar-refractivity contribution >= 4 is 0 Å². The summed E-state index contributed by atoms with van der Waals surface area (Å²) in [6, 6.07) is 7.11. The van der Waals surface area contributed by atoms with Gasteiger partial charge < -0.3 is 14.0 Å². The van der Waals surface area contributed by atoms with E-state index in [0.717, 1.165) is 11.8 Å². The van der Waals surface area contributed by atoms with Gasteiger partial charge in [0.25, 0.3) is 0 Å². The minimum absolute atomic E-state index is 0.200. The van der Waals surface area contributed by atoms with Gasteiger partial charge in [-0.05, 0) is 30.2 Å². The Morgan fingerprint density at radius 3 is 2.36 bits per heavy atom. The molecule has 3 aromatic heterocycles. The Labute approximate surface area is 187 Å². The first-order chi connectivity index (χ1) is 15.9. The highest BCUT2D eigenvalue weighted by molar-refractivity contribution is 5.80.